The molecule has 1 rings (SSSR count). The molecular weight excluding hydrogens is 278 g/mol. The van der Waals surface area contributed by atoms with E-state index < -0.39 is 4.92 Å². The third kappa shape index (κ3) is 4.28. The zero-order valence-corrected chi connectivity index (χ0v) is 11.8. The number of aliphatic hydroxyl groups excluding tert-OH is 1. The van der Waals surface area contributed by atoms with Crippen LogP contribution in [-0.2, 0) is 0 Å². The molecule has 0 atom stereocenters. The maximum absolute atomic E-state index is 10.8. The minimum Gasteiger partial charge on any atom is -0.409 e. The Morgan fingerprint density at radius 3 is 2.81 bits per heavy atom. The molecular formula is C12H19N5O4. The van der Waals surface area contributed by atoms with Crippen molar-refractivity contribution < 1.29 is 15.2 Å². The topological polar surface area (TPSA) is 138 Å². The molecule has 0 aliphatic heterocycles. The van der Waals surface area contributed by atoms with E-state index in [1.54, 1.807) is 4.90 Å². The molecule has 116 valence electrons. The number of nitrogens with zero attached hydrogens (tertiary/aromatic N) is 4. The molecule has 1 heterocycles. The average molecular weight is 297 g/mol. The second-order valence-electron chi connectivity index (χ2n) is 4.37. The Morgan fingerprint density at radius 1 is 1.57 bits per heavy atom. The lowest BCUT2D eigenvalue weighted by atomic mass is 10.2. The number of rotatable bonds is 8. The number of oxime groups is 1. The minimum absolute atomic E-state index is 0.0992. The van der Waals surface area contributed by atoms with Gasteiger partial charge < -0.3 is 20.9 Å². The second kappa shape index (κ2) is 8.00. The van der Waals surface area contributed by atoms with Crippen molar-refractivity contribution in [1.29, 1.82) is 0 Å². The fourth-order valence-electron chi connectivity index (χ4n) is 1.83. The average Bonchev–Trinajstić information content (AvgIpc) is 2.50. The Labute approximate surface area is 121 Å². The summed E-state index contributed by atoms with van der Waals surface area (Å²) in [5.74, 6) is 0.0824. The predicted molar refractivity (Wildman–Crippen MR) is 77.6 cm³/mol. The second-order valence-corrected chi connectivity index (χ2v) is 4.37. The van der Waals surface area contributed by atoms with Crippen LogP contribution in [0, 0.1) is 10.1 Å². The number of anilines is 1. The summed E-state index contributed by atoms with van der Waals surface area (Å²) in [6.07, 6.45) is 2.90. The molecule has 0 aliphatic rings. The molecule has 0 amide bonds. The molecule has 1 aromatic heterocycles. The number of pyridine rings is 1. The number of hydrogen-bond donors (Lipinski definition) is 3. The molecule has 0 bridgehead atoms. The molecule has 0 spiro atoms. The van der Waals surface area contributed by atoms with Crippen molar-refractivity contribution >= 4 is 17.3 Å². The van der Waals surface area contributed by atoms with Crippen LogP contribution in [0.2, 0.25) is 0 Å². The molecule has 0 saturated heterocycles. The van der Waals surface area contributed by atoms with E-state index in [1.165, 1.54) is 6.07 Å². The molecule has 0 saturated carbocycles. The van der Waals surface area contributed by atoms with Gasteiger partial charge in [0.15, 0.2) is 5.84 Å². The van der Waals surface area contributed by atoms with Crippen molar-refractivity contribution in [2.45, 2.75) is 19.8 Å². The minimum atomic E-state index is -0.604. The van der Waals surface area contributed by atoms with Crippen LogP contribution in [0.1, 0.15) is 25.3 Å². The summed E-state index contributed by atoms with van der Waals surface area (Å²) in [5.41, 5.74) is 5.49. The summed E-state index contributed by atoms with van der Waals surface area (Å²) in [6.45, 7) is 2.83. The number of aromatic nitrogens is 1. The van der Waals surface area contributed by atoms with Crippen LogP contribution in [0.4, 0.5) is 11.5 Å². The van der Waals surface area contributed by atoms with Gasteiger partial charge in [0.1, 0.15) is 12.0 Å². The van der Waals surface area contributed by atoms with Gasteiger partial charge in [-0.15, -0.1) is 0 Å². The van der Waals surface area contributed by atoms with E-state index in [9.17, 15) is 10.1 Å². The van der Waals surface area contributed by atoms with E-state index in [2.05, 4.69) is 10.1 Å². The van der Waals surface area contributed by atoms with Crippen LogP contribution in [0.15, 0.2) is 17.4 Å². The number of unbranched alkanes of at least 4 members (excludes halogenated alkanes) is 1. The number of aliphatic hydroxyl groups is 1. The largest absolute Gasteiger partial charge is 0.409 e. The van der Waals surface area contributed by atoms with Gasteiger partial charge in [-0.05, 0) is 6.42 Å². The van der Waals surface area contributed by atoms with E-state index in [-0.39, 0.29) is 23.7 Å². The van der Waals surface area contributed by atoms with E-state index in [1.807, 2.05) is 6.92 Å². The molecule has 9 heteroatoms. The summed E-state index contributed by atoms with van der Waals surface area (Å²) in [7, 11) is 0. The van der Waals surface area contributed by atoms with Crippen LogP contribution in [-0.4, -0.2) is 45.8 Å². The van der Waals surface area contributed by atoms with Crippen LogP contribution < -0.4 is 10.6 Å². The third-order valence-corrected chi connectivity index (χ3v) is 2.90. The van der Waals surface area contributed by atoms with Crippen LogP contribution in [0.3, 0.4) is 0 Å². The number of nitro groups is 1. The summed E-state index contributed by atoms with van der Waals surface area (Å²) in [4.78, 5) is 16.0. The molecule has 0 aromatic carbocycles. The normalized spacial score (nSPS) is 11.4. The summed E-state index contributed by atoms with van der Waals surface area (Å²) < 4.78 is 0. The fraction of sp³-hybridized carbons (Fsp3) is 0.500. The van der Waals surface area contributed by atoms with Crippen LogP contribution in [0.25, 0.3) is 0 Å². The third-order valence-electron chi connectivity index (χ3n) is 2.90. The highest BCUT2D eigenvalue weighted by Gasteiger charge is 2.19. The first kappa shape index (κ1) is 16.6. The van der Waals surface area contributed by atoms with Crippen molar-refractivity contribution in [3.63, 3.8) is 0 Å². The smallest absolute Gasteiger partial charge is 0.288 e. The molecule has 21 heavy (non-hydrogen) atoms. The zero-order valence-electron chi connectivity index (χ0n) is 11.8. The molecule has 1 aromatic rings. The van der Waals surface area contributed by atoms with Gasteiger partial charge in [-0.1, -0.05) is 18.5 Å². The first-order valence-electron chi connectivity index (χ1n) is 6.53. The molecule has 0 fully saturated rings. The zero-order chi connectivity index (χ0) is 15.8. The van der Waals surface area contributed by atoms with Gasteiger partial charge in [0.25, 0.3) is 5.69 Å². The van der Waals surface area contributed by atoms with Crippen molar-refractivity contribution in [3.05, 3.63) is 27.9 Å². The van der Waals surface area contributed by atoms with Gasteiger partial charge in [-0.2, -0.15) is 0 Å². The number of hydrogen-bond acceptors (Lipinski definition) is 7. The quantitative estimate of drug-likeness (QED) is 0.211. The Morgan fingerprint density at radius 2 is 2.29 bits per heavy atom. The van der Waals surface area contributed by atoms with Gasteiger partial charge in [0.05, 0.1) is 17.1 Å². The van der Waals surface area contributed by atoms with Gasteiger partial charge in [0.2, 0.25) is 0 Å². The highest BCUT2D eigenvalue weighted by atomic mass is 16.6. The van der Waals surface area contributed by atoms with E-state index in [4.69, 9.17) is 16.0 Å². The summed E-state index contributed by atoms with van der Waals surface area (Å²) >= 11 is 0. The SMILES string of the molecule is CCCCN(CCO)c1ncc([N+](=O)[O-])cc1C(N)=NO. The van der Waals surface area contributed by atoms with E-state index in [0.717, 1.165) is 19.0 Å². The molecule has 9 nitrogen and oxygen atoms in total. The lowest BCUT2D eigenvalue weighted by molar-refractivity contribution is -0.385. The monoisotopic (exact) mass is 297 g/mol. The Kier molecular flexibility index (Phi) is 6.34. The maximum Gasteiger partial charge on any atom is 0.288 e. The van der Waals surface area contributed by atoms with Crippen molar-refractivity contribution in [1.82, 2.24) is 4.98 Å². The van der Waals surface area contributed by atoms with Gasteiger partial charge in [-0.25, -0.2) is 4.98 Å². The number of nitrogens with two attached hydrogens (primary N) is 1. The fourth-order valence-corrected chi connectivity index (χ4v) is 1.83. The Bertz CT molecular complexity index is 520. The lowest BCUT2D eigenvalue weighted by Crippen LogP contribution is -2.31. The van der Waals surface area contributed by atoms with Gasteiger partial charge in [-0.3, -0.25) is 10.1 Å². The molecule has 0 unspecified atom stereocenters. The van der Waals surface area contributed by atoms with Gasteiger partial charge in [0, 0.05) is 19.2 Å². The van der Waals surface area contributed by atoms with E-state index in [0.29, 0.717) is 18.9 Å². The molecule has 0 radical (unpaired) electrons. The summed E-state index contributed by atoms with van der Waals surface area (Å²) in [6, 6.07) is 1.20. The first-order valence-corrected chi connectivity index (χ1v) is 6.53. The van der Waals surface area contributed by atoms with Gasteiger partial charge >= 0.3 is 0 Å². The highest BCUT2D eigenvalue weighted by molar-refractivity contribution is 6.01. The maximum atomic E-state index is 10.8. The van der Waals surface area contributed by atoms with Crippen LogP contribution >= 0.6 is 0 Å². The standard InChI is InChI=1S/C12H19N5O4/c1-2-3-4-16(5-6-18)12-10(11(13)15-19)7-9(8-14-12)17(20)21/h7-8,18-19H,2-6H2,1H3,(H2,13,15). The van der Waals surface area contributed by atoms with E-state index >= 15 is 0 Å². The number of amidine groups is 1. The molecule has 4 N–H and O–H groups in total. The predicted octanol–water partition coefficient (Wildman–Crippen LogP) is 0.683. The first-order chi connectivity index (χ1) is 10.0. The van der Waals surface area contributed by atoms with Crippen LogP contribution in [0.5, 0.6) is 0 Å². The molecule has 0 aliphatic carbocycles. The van der Waals surface area contributed by atoms with Crippen molar-refractivity contribution in [3.8, 4) is 0 Å². The van der Waals surface area contributed by atoms with Crippen molar-refractivity contribution in [2.24, 2.45) is 10.9 Å². The summed E-state index contributed by atoms with van der Waals surface area (Å²) in [5, 5.41) is 31.7. The van der Waals surface area contributed by atoms with Crippen molar-refractivity contribution in [2.75, 3.05) is 24.6 Å². The Balaban J connectivity index is 3.27. The lowest BCUT2D eigenvalue weighted by Gasteiger charge is -2.24. The highest BCUT2D eigenvalue weighted by Crippen LogP contribution is 2.22. The Hall–Kier alpha value is -2.42.